The number of carbonyl (C=O) groups is 1. The number of aromatic nitrogens is 2. The van der Waals surface area contributed by atoms with Gasteiger partial charge in [-0.15, -0.1) is 10.2 Å². The minimum Gasteiger partial charge on any atom is -0.424 e. The molecule has 2 aliphatic rings. The van der Waals surface area contributed by atoms with E-state index in [1.165, 1.54) is 4.90 Å². The van der Waals surface area contributed by atoms with Crippen LogP contribution in [0.25, 0.3) is 0 Å². The summed E-state index contributed by atoms with van der Waals surface area (Å²) in [5.41, 5.74) is 0. The average molecular weight is 371 g/mol. The minimum atomic E-state index is -3.12. The Bertz CT molecular complexity index is 732. The number of nitrogens with zero attached hydrogens (tertiary/aromatic N) is 5. The molecule has 2 aliphatic heterocycles. The summed E-state index contributed by atoms with van der Waals surface area (Å²) in [6.07, 6.45) is 0.674. The van der Waals surface area contributed by atoms with Crippen LogP contribution in [0.2, 0.25) is 0 Å². The van der Waals surface area contributed by atoms with Crippen molar-refractivity contribution in [3.8, 4) is 0 Å². The van der Waals surface area contributed by atoms with Crippen molar-refractivity contribution < 1.29 is 17.6 Å². The van der Waals surface area contributed by atoms with Crippen molar-refractivity contribution in [3.63, 3.8) is 0 Å². The topological polar surface area (TPSA) is 99.9 Å². The highest BCUT2D eigenvalue weighted by Crippen LogP contribution is 2.28. The quantitative estimate of drug-likeness (QED) is 0.650. The normalized spacial score (nSPS) is 26.5. The Hall–Kier alpha value is -1.52. The van der Waals surface area contributed by atoms with E-state index in [1.807, 2.05) is 11.8 Å². The van der Waals surface area contributed by atoms with Crippen molar-refractivity contribution in [2.24, 2.45) is 0 Å². The average Bonchev–Trinajstić information content (AvgIpc) is 3.12. The van der Waals surface area contributed by atoms with Gasteiger partial charge in [0.1, 0.15) is 0 Å². The lowest BCUT2D eigenvalue weighted by Crippen LogP contribution is -2.60. The highest BCUT2D eigenvalue weighted by atomic mass is 32.2. The number of amides is 1. The van der Waals surface area contributed by atoms with Crippen molar-refractivity contribution in [1.29, 1.82) is 0 Å². The number of aryl methyl sites for hydroxylation is 1. The molecule has 0 aliphatic carbocycles. The molecule has 3 rings (SSSR count). The van der Waals surface area contributed by atoms with E-state index in [1.54, 1.807) is 14.1 Å². The number of piperazine rings is 1. The summed E-state index contributed by atoms with van der Waals surface area (Å²) in [7, 11) is 0.304. The number of likely N-dealkylation sites (N-methyl/N-ethyl adjacent to an activating group) is 1. The SMILES string of the molecule is CCc1nnc(CN2CCN(CC(=O)N(C)C)[C@@H]3CS(=O)(=O)C[C@@H]32)o1. The van der Waals surface area contributed by atoms with Gasteiger partial charge < -0.3 is 9.32 Å². The van der Waals surface area contributed by atoms with Gasteiger partial charge in [-0.25, -0.2) is 8.42 Å². The van der Waals surface area contributed by atoms with Crippen LogP contribution < -0.4 is 0 Å². The Labute approximate surface area is 147 Å². The number of fused-ring (bicyclic) bond motifs is 1. The summed E-state index contributed by atoms with van der Waals surface area (Å²) < 4.78 is 30.0. The molecular weight excluding hydrogens is 346 g/mol. The largest absolute Gasteiger partial charge is 0.424 e. The van der Waals surface area contributed by atoms with Gasteiger partial charge in [0.15, 0.2) is 9.84 Å². The maximum absolute atomic E-state index is 12.2. The van der Waals surface area contributed by atoms with Gasteiger partial charge in [0.05, 0.1) is 24.6 Å². The van der Waals surface area contributed by atoms with Crippen LogP contribution in [0.3, 0.4) is 0 Å². The van der Waals surface area contributed by atoms with Gasteiger partial charge in [-0.2, -0.15) is 0 Å². The Balaban J connectivity index is 1.74. The summed E-state index contributed by atoms with van der Waals surface area (Å²) in [5.74, 6) is 1.29. The molecule has 2 atom stereocenters. The first-order valence-electron chi connectivity index (χ1n) is 8.49. The van der Waals surface area contributed by atoms with E-state index in [0.29, 0.717) is 37.8 Å². The second-order valence-corrected chi connectivity index (χ2v) is 9.04. The van der Waals surface area contributed by atoms with Crippen LogP contribution in [-0.4, -0.2) is 96.5 Å². The van der Waals surface area contributed by atoms with E-state index in [-0.39, 0.29) is 36.0 Å². The molecule has 0 radical (unpaired) electrons. The van der Waals surface area contributed by atoms with Gasteiger partial charge in [-0.3, -0.25) is 14.6 Å². The standard InChI is InChI=1S/C15H25N5O4S/c1-4-13-16-17-14(24-13)7-19-5-6-20(8-15(21)18(2)3)12-10-25(22,23)9-11(12)19/h11-12H,4-10H2,1-3H3/t11-,12+/m0/s1. The Morgan fingerprint density at radius 1 is 1.16 bits per heavy atom. The molecule has 0 saturated carbocycles. The van der Waals surface area contributed by atoms with Gasteiger partial charge in [-0.1, -0.05) is 6.92 Å². The molecule has 0 N–H and O–H groups in total. The number of hydrogen-bond acceptors (Lipinski definition) is 8. The zero-order valence-electron chi connectivity index (χ0n) is 14.9. The first-order valence-corrected chi connectivity index (χ1v) is 10.3. The molecule has 0 bridgehead atoms. The summed E-state index contributed by atoms with van der Waals surface area (Å²) in [6.45, 7) is 3.95. The predicted molar refractivity (Wildman–Crippen MR) is 90.6 cm³/mol. The summed E-state index contributed by atoms with van der Waals surface area (Å²) in [6, 6.07) is -0.318. The lowest BCUT2D eigenvalue weighted by Gasteiger charge is -2.43. The molecular formula is C15H25N5O4S. The van der Waals surface area contributed by atoms with E-state index in [4.69, 9.17) is 4.42 Å². The van der Waals surface area contributed by atoms with Crippen LogP contribution in [0, 0.1) is 0 Å². The number of hydrogen-bond donors (Lipinski definition) is 0. The maximum Gasteiger partial charge on any atom is 0.236 e. The van der Waals surface area contributed by atoms with Crippen molar-refractivity contribution in [3.05, 3.63) is 11.8 Å². The first kappa shape index (κ1) is 18.3. The lowest BCUT2D eigenvalue weighted by molar-refractivity contribution is -0.131. The van der Waals surface area contributed by atoms with Gasteiger partial charge in [0.2, 0.25) is 17.7 Å². The van der Waals surface area contributed by atoms with Crippen LogP contribution in [0.5, 0.6) is 0 Å². The fourth-order valence-corrected chi connectivity index (χ4v) is 5.52. The number of rotatable bonds is 5. The molecule has 10 heteroatoms. The smallest absolute Gasteiger partial charge is 0.236 e. The lowest BCUT2D eigenvalue weighted by atomic mass is 10.0. The van der Waals surface area contributed by atoms with E-state index in [0.717, 1.165) is 0 Å². The molecule has 25 heavy (non-hydrogen) atoms. The Morgan fingerprint density at radius 2 is 1.76 bits per heavy atom. The van der Waals surface area contributed by atoms with Gasteiger partial charge in [0, 0.05) is 45.7 Å². The molecule has 9 nitrogen and oxygen atoms in total. The molecule has 1 aromatic heterocycles. The van der Waals surface area contributed by atoms with Gasteiger partial charge >= 0.3 is 0 Å². The van der Waals surface area contributed by atoms with E-state index < -0.39 is 9.84 Å². The van der Waals surface area contributed by atoms with Crippen LogP contribution in [-0.2, 0) is 27.6 Å². The highest BCUT2D eigenvalue weighted by Gasteiger charge is 2.47. The van der Waals surface area contributed by atoms with Crippen LogP contribution in [0.4, 0.5) is 0 Å². The van der Waals surface area contributed by atoms with E-state index in [2.05, 4.69) is 15.1 Å². The summed E-state index contributed by atoms with van der Waals surface area (Å²) in [5, 5.41) is 8.01. The monoisotopic (exact) mass is 371 g/mol. The number of carbonyl (C=O) groups excluding carboxylic acids is 1. The second-order valence-electron chi connectivity index (χ2n) is 6.88. The highest BCUT2D eigenvalue weighted by molar-refractivity contribution is 7.91. The second kappa shape index (κ2) is 7.00. The zero-order chi connectivity index (χ0) is 18.2. The summed E-state index contributed by atoms with van der Waals surface area (Å²) in [4.78, 5) is 17.7. The maximum atomic E-state index is 12.2. The zero-order valence-corrected chi connectivity index (χ0v) is 15.7. The third kappa shape index (κ3) is 4.01. The fraction of sp³-hybridized carbons (Fsp3) is 0.800. The molecule has 1 aromatic rings. The van der Waals surface area contributed by atoms with Crippen molar-refractivity contribution in [2.75, 3.05) is 45.2 Å². The third-order valence-corrected chi connectivity index (χ3v) is 6.59. The fourth-order valence-electron chi connectivity index (χ4n) is 3.47. The molecule has 140 valence electrons. The summed E-state index contributed by atoms with van der Waals surface area (Å²) >= 11 is 0. The molecule has 2 saturated heterocycles. The number of sulfone groups is 1. The van der Waals surface area contributed by atoms with Crippen molar-refractivity contribution >= 4 is 15.7 Å². The first-order chi connectivity index (χ1) is 11.8. The van der Waals surface area contributed by atoms with E-state index >= 15 is 0 Å². The Morgan fingerprint density at radius 3 is 2.36 bits per heavy atom. The van der Waals surface area contributed by atoms with E-state index in [9.17, 15) is 13.2 Å². The van der Waals surface area contributed by atoms with Gasteiger partial charge in [0.25, 0.3) is 0 Å². The molecule has 1 amide bonds. The van der Waals surface area contributed by atoms with Crippen LogP contribution in [0.1, 0.15) is 18.7 Å². The minimum absolute atomic E-state index is 0.0130. The van der Waals surface area contributed by atoms with Crippen molar-refractivity contribution in [2.45, 2.75) is 32.0 Å². The molecule has 2 fully saturated rings. The molecule has 0 unspecified atom stereocenters. The molecule has 0 aromatic carbocycles. The van der Waals surface area contributed by atoms with Gasteiger partial charge in [-0.05, 0) is 0 Å². The predicted octanol–water partition coefficient (Wildman–Crippen LogP) is -0.997. The van der Waals surface area contributed by atoms with Crippen LogP contribution in [0.15, 0.2) is 4.42 Å². The molecule has 0 spiro atoms. The molecule has 3 heterocycles. The van der Waals surface area contributed by atoms with Crippen LogP contribution >= 0.6 is 0 Å². The van der Waals surface area contributed by atoms with Crippen molar-refractivity contribution in [1.82, 2.24) is 24.9 Å². The third-order valence-electron chi connectivity index (χ3n) is 4.89. The Kier molecular flexibility index (Phi) is 5.12.